The molecule has 0 heterocycles. The van der Waals surface area contributed by atoms with Crippen LogP contribution in [0.5, 0.6) is 0 Å². The molecule has 0 saturated heterocycles. The molecule has 0 spiro atoms. The highest BCUT2D eigenvalue weighted by atomic mass is 35.5. The highest BCUT2D eigenvalue weighted by Crippen LogP contribution is 2.22. The number of hydrogen-bond donors (Lipinski definition) is 3. The highest BCUT2D eigenvalue weighted by molar-refractivity contribution is 7.80. The fraction of sp³-hybridized carbons (Fsp3) is 0.105. The van der Waals surface area contributed by atoms with Gasteiger partial charge in [0.1, 0.15) is 0 Å². The maximum absolute atomic E-state index is 12.0. The van der Waals surface area contributed by atoms with E-state index >= 15 is 0 Å². The van der Waals surface area contributed by atoms with Crippen LogP contribution < -0.4 is 16.0 Å². The Labute approximate surface area is 172 Å². The van der Waals surface area contributed by atoms with Crippen molar-refractivity contribution >= 4 is 69.8 Å². The minimum Gasteiger partial charge on any atom is -0.332 e. The minimum absolute atomic E-state index is 0.0889. The van der Waals surface area contributed by atoms with E-state index in [1.54, 1.807) is 55.5 Å². The first kappa shape index (κ1) is 20.9. The number of carbonyl (C=O) groups is 2. The van der Waals surface area contributed by atoms with Crippen LogP contribution in [0.25, 0.3) is 6.08 Å². The zero-order valence-electron chi connectivity index (χ0n) is 14.4. The molecule has 5 nitrogen and oxygen atoms in total. The molecule has 2 aromatic rings. The van der Waals surface area contributed by atoms with E-state index in [1.807, 2.05) is 0 Å². The van der Waals surface area contributed by atoms with Crippen LogP contribution in [0.1, 0.15) is 18.9 Å². The van der Waals surface area contributed by atoms with E-state index in [0.717, 1.165) is 0 Å². The van der Waals surface area contributed by atoms with Gasteiger partial charge < -0.3 is 10.6 Å². The molecule has 3 N–H and O–H groups in total. The van der Waals surface area contributed by atoms with Crippen molar-refractivity contribution in [2.24, 2.45) is 0 Å². The summed E-state index contributed by atoms with van der Waals surface area (Å²) in [7, 11) is 0. The van der Waals surface area contributed by atoms with Gasteiger partial charge in [-0.3, -0.25) is 14.9 Å². The van der Waals surface area contributed by atoms with Crippen molar-refractivity contribution < 1.29 is 9.59 Å². The molecule has 0 atom stereocenters. The Balaban J connectivity index is 1.93. The zero-order chi connectivity index (χ0) is 19.8. The molecule has 0 aliphatic rings. The molecule has 2 amide bonds. The van der Waals surface area contributed by atoms with Crippen LogP contribution in [0, 0.1) is 0 Å². The molecule has 0 radical (unpaired) electrons. The van der Waals surface area contributed by atoms with Crippen LogP contribution in [0.3, 0.4) is 0 Å². The Morgan fingerprint density at radius 1 is 1.07 bits per heavy atom. The standard InChI is InChI=1S/C19H17Cl2N3O2S/c1-2-17(25)22-14-4-3-5-15(11-14)23-19(27)24-18(26)9-7-12-6-8-13(20)10-16(12)21/h3-11H,2H2,1H3,(H,22,25)(H2,23,24,26,27). The summed E-state index contributed by atoms with van der Waals surface area (Å²) in [4.78, 5) is 23.4. The predicted molar refractivity (Wildman–Crippen MR) is 115 cm³/mol. The average Bonchev–Trinajstić information content (AvgIpc) is 2.61. The normalized spacial score (nSPS) is 10.5. The van der Waals surface area contributed by atoms with Gasteiger partial charge in [0.25, 0.3) is 0 Å². The second-order valence-electron chi connectivity index (χ2n) is 5.43. The maximum Gasteiger partial charge on any atom is 0.250 e. The Kier molecular flexibility index (Phi) is 7.79. The molecule has 2 rings (SSSR count). The van der Waals surface area contributed by atoms with Crippen molar-refractivity contribution in [2.75, 3.05) is 10.6 Å². The maximum atomic E-state index is 12.0. The summed E-state index contributed by atoms with van der Waals surface area (Å²) in [5, 5.41) is 9.27. The Morgan fingerprint density at radius 3 is 2.44 bits per heavy atom. The van der Waals surface area contributed by atoms with Gasteiger partial charge in [-0.2, -0.15) is 0 Å². The lowest BCUT2D eigenvalue weighted by molar-refractivity contribution is -0.116. The number of thiocarbonyl (C=S) groups is 1. The predicted octanol–water partition coefficient (Wildman–Crippen LogP) is 4.87. The molecule has 27 heavy (non-hydrogen) atoms. The molecule has 140 valence electrons. The fourth-order valence-corrected chi connectivity index (χ4v) is 2.73. The summed E-state index contributed by atoms with van der Waals surface area (Å²) in [6, 6.07) is 12.0. The smallest absolute Gasteiger partial charge is 0.250 e. The number of halogens is 2. The zero-order valence-corrected chi connectivity index (χ0v) is 16.7. The Bertz CT molecular complexity index is 900. The van der Waals surface area contributed by atoms with Crippen molar-refractivity contribution in [3.63, 3.8) is 0 Å². The summed E-state index contributed by atoms with van der Waals surface area (Å²) in [6.45, 7) is 1.77. The molecular weight excluding hydrogens is 405 g/mol. The van der Waals surface area contributed by atoms with Crippen molar-refractivity contribution in [3.8, 4) is 0 Å². The second kappa shape index (κ2) is 10.1. The topological polar surface area (TPSA) is 70.2 Å². The molecule has 0 bridgehead atoms. The molecule has 0 saturated carbocycles. The molecule has 0 aromatic heterocycles. The average molecular weight is 422 g/mol. The monoisotopic (exact) mass is 421 g/mol. The number of amides is 2. The van der Waals surface area contributed by atoms with Gasteiger partial charge in [-0.15, -0.1) is 0 Å². The summed E-state index contributed by atoms with van der Waals surface area (Å²) in [5.41, 5.74) is 1.94. The van der Waals surface area contributed by atoms with Crippen LogP contribution >= 0.6 is 35.4 Å². The summed E-state index contributed by atoms with van der Waals surface area (Å²) < 4.78 is 0. The Morgan fingerprint density at radius 2 is 1.78 bits per heavy atom. The molecule has 2 aromatic carbocycles. The van der Waals surface area contributed by atoms with Crippen molar-refractivity contribution in [1.29, 1.82) is 0 Å². The summed E-state index contributed by atoms with van der Waals surface area (Å²) in [6.07, 6.45) is 3.27. The van der Waals surface area contributed by atoms with Gasteiger partial charge >= 0.3 is 0 Å². The van der Waals surface area contributed by atoms with Crippen molar-refractivity contribution in [1.82, 2.24) is 5.32 Å². The molecule has 0 aliphatic carbocycles. The number of rotatable bonds is 5. The highest BCUT2D eigenvalue weighted by Gasteiger charge is 2.05. The van der Waals surface area contributed by atoms with Crippen LogP contribution in [-0.4, -0.2) is 16.9 Å². The third-order valence-corrected chi connectivity index (χ3v) is 4.11. The van der Waals surface area contributed by atoms with Crippen molar-refractivity contribution in [2.45, 2.75) is 13.3 Å². The molecule has 8 heteroatoms. The van der Waals surface area contributed by atoms with E-state index in [0.29, 0.717) is 33.4 Å². The summed E-state index contributed by atoms with van der Waals surface area (Å²) >= 11 is 17.0. The quantitative estimate of drug-likeness (QED) is 0.475. The van der Waals surface area contributed by atoms with E-state index in [2.05, 4.69) is 16.0 Å². The Hall–Kier alpha value is -2.41. The molecule has 0 unspecified atom stereocenters. The number of carbonyl (C=O) groups excluding carboxylic acids is 2. The lowest BCUT2D eigenvalue weighted by atomic mass is 10.2. The fourth-order valence-electron chi connectivity index (χ4n) is 2.04. The SMILES string of the molecule is CCC(=O)Nc1cccc(NC(=S)NC(=O)C=Cc2ccc(Cl)cc2Cl)c1. The number of anilines is 2. The molecule has 0 aliphatic heterocycles. The van der Waals surface area contributed by atoms with Gasteiger partial charge in [0.15, 0.2) is 5.11 Å². The second-order valence-corrected chi connectivity index (χ2v) is 6.68. The minimum atomic E-state index is -0.408. The van der Waals surface area contributed by atoms with Crippen LogP contribution in [0.15, 0.2) is 48.5 Å². The number of hydrogen-bond acceptors (Lipinski definition) is 3. The third kappa shape index (κ3) is 7.02. The first-order valence-corrected chi connectivity index (χ1v) is 9.19. The van der Waals surface area contributed by atoms with Gasteiger partial charge in [0, 0.05) is 33.9 Å². The van der Waals surface area contributed by atoms with Crippen molar-refractivity contribution in [3.05, 3.63) is 64.1 Å². The lowest BCUT2D eigenvalue weighted by Crippen LogP contribution is -2.32. The van der Waals surface area contributed by atoms with Gasteiger partial charge in [-0.1, -0.05) is 42.3 Å². The lowest BCUT2D eigenvalue weighted by Gasteiger charge is -2.10. The molecule has 0 fully saturated rings. The van der Waals surface area contributed by atoms with E-state index in [-0.39, 0.29) is 11.0 Å². The largest absolute Gasteiger partial charge is 0.332 e. The van der Waals surface area contributed by atoms with Crippen LogP contribution in [0.2, 0.25) is 10.0 Å². The van der Waals surface area contributed by atoms with E-state index in [4.69, 9.17) is 35.4 Å². The van der Waals surface area contributed by atoms with E-state index < -0.39 is 5.91 Å². The third-order valence-electron chi connectivity index (χ3n) is 3.34. The van der Waals surface area contributed by atoms with Gasteiger partial charge in [0.2, 0.25) is 11.8 Å². The van der Waals surface area contributed by atoms with Gasteiger partial charge in [-0.25, -0.2) is 0 Å². The summed E-state index contributed by atoms with van der Waals surface area (Å²) in [5.74, 6) is -0.497. The first-order valence-electron chi connectivity index (χ1n) is 8.02. The first-order chi connectivity index (χ1) is 12.9. The van der Waals surface area contributed by atoms with Gasteiger partial charge in [0.05, 0.1) is 0 Å². The van der Waals surface area contributed by atoms with E-state index in [1.165, 1.54) is 6.08 Å². The molecular formula is C19H17Cl2N3O2S. The number of benzene rings is 2. The van der Waals surface area contributed by atoms with Gasteiger partial charge in [-0.05, 0) is 54.2 Å². The number of nitrogens with one attached hydrogen (secondary N) is 3. The van der Waals surface area contributed by atoms with Crippen LogP contribution in [-0.2, 0) is 9.59 Å². The van der Waals surface area contributed by atoms with Crippen LogP contribution in [0.4, 0.5) is 11.4 Å². The van der Waals surface area contributed by atoms with E-state index in [9.17, 15) is 9.59 Å².